The first kappa shape index (κ1) is 13.4. The second kappa shape index (κ2) is 4.92. The third kappa shape index (κ3) is 2.41. The monoisotopic (exact) mass is 258 g/mol. The van der Waals surface area contributed by atoms with Gasteiger partial charge in [-0.25, -0.2) is 4.79 Å². The summed E-state index contributed by atoms with van der Waals surface area (Å²) in [5.74, 6) is 0.724. The second-order valence-electron chi connectivity index (χ2n) is 4.95. The van der Waals surface area contributed by atoms with Crippen molar-refractivity contribution in [1.82, 2.24) is 0 Å². The lowest BCUT2D eigenvalue weighted by atomic mass is 10.0. The third-order valence-electron chi connectivity index (χ3n) is 3.30. The van der Waals surface area contributed by atoms with E-state index < -0.39 is 0 Å². The van der Waals surface area contributed by atoms with Crippen molar-refractivity contribution in [3.05, 3.63) is 51.4 Å². The van der Waals surface area contributed by atoms with Gasteiger partial charge in [-0.1, -0.05) is 6.58 Å². The summed E-state index contributed by atoms with van der Waals surface area (Å²) in [7, 11) is 0. The average Bonchev–Trinajstić information content (AvgIpc) is 2.36. The fourth-order valence-corrected chi connectivity index (χ4v) is 1.98. The lowest BCUT2D eigenvalue weighted by Gasteiger charge is -2.12. The van der Waals surface area contributed by atoms with Crippen molar-refractivity contribution in [2.45, 2.75) is 27.7 Å². The van der Waals surface area contributed by atoms with Crippen LogP contribution >= 0.6 is 0 Å². The standard InChI is InChI=1S/C16H18O3/c1-9(2)8-18-14-7-6-13-10(3)11(4)16(17)19-15(13)12(14)5/h6-7H,1,8H2,2-5H3. The van der Waals surface area contributed by atoms with Crippen LogP contribution in [0, 0.1) is 20.8 Å². The summed E-state index contributed by atoms with van der Waals surface area (Å²) >= 11 is 0. The van der Waals surface area contributed by atoms with Gasteiger partial charge >= 0.3 is 5.63 Å². The Labute approximate surface area is 112 Å². The number of benzene rings is 1. The molecule has 2 aromatic rings. The van der Waals surface area contributed by atoms with Crippen LogP contribution in [0.2, 0.25) is 0 Å². The smallest absolute Gasteiger partial charge is 0.339 e. The van der Waals surface area contributed by atoms with Crippen LogP contribution in [0.4, 0.5) is 0 Å². The first-order valence-electron chi connectivity index (χ1n) is 6.22. The molecule has 3 nitrogen and oxygen atoms in total. The molecule has 1 heterocycles. The zero-order valence-electron chi connectivity index (χ0n) is 11.8. The minimum absolute atomic E-state index is 0.287. The lowest BCUT2D eigenvalue weighted by molar-refractivity contribution is 0.350. The summed E-state index contributed by atoms with van der Waals surface area (Å²) in [6, 6.07) is 3.84. The summed E-state index contributed by atoms with van der Waals surface area (Å²) in [6.07, 6.45) is 0. The van der Waals surface area contributed by atoms with Gasteiger partial charge in [-0.05, 0) is 51.0 Å². The van der Waals surface area contributed by atoms with Gasteiger partial charge < -0.3 is 9.15 Å². The van der Waals surface area contributed by atoms with Gasteiger partial charge in [0, 0.05) is 16.5 Å². The quantitative estimate of drug-likeness (QED) is 0.623. The minimum Gasteiger partial charge on any atom is -0.489 e. The lowest BCUT2D eigenvalue weighted by Crippen LogP contribution is -2.07. The summed E-state index contributed by atoms with van der Waals surface area (Å²) < 4.78 is 11.0. The number of ether oxygens (including phenoxy) is 1. The number of hydrogen-bond donors (Lipinski definition) is 0. The average molecular weight is 258 g/mol. The van der Waals surface area contributed by atoms with Gasteiger partial charge in [0.1, 0.15) is 17.9 Å². The molecular formula is C16H18O3. The molecule has 0 saturated carbocycles. The van der Waals surface area contributed by atoms with Crippen molar-refractivity contribution in [3.63, 3.8) is 0 Å². The van der Waals surface area contributed by atoms with Crippen molar-refractivity contribution >= 4 is 11.0 Å². The van der Waals surface area contributed by atoms with E-state index in [0.29, 0.717) is 17.8 Å². The highest BCUT2D eigenvalue weighted by atomic mass is 16.5. The molecule has 0 atom stereocenters. The molecular weight excluding hydrogens is 240 g/mol. The van der Waals surface area contributed by atoms with Crippen molar-refractivity contribution in [1.29, 1.82) is 0 Å². The summed E-state index contributed by atoms with van der Waals surface area (Å²) in [5.41, 5.74) is 3.72. The summed E-state index contributed by atoms with van der Waals surface area (Å²) in [6.45, 7) is 11.8. The summed E-state index contributed by atoms with van der Waals surface area (Å²) in [5, 5.41) is 0.956. The van der Waals surface area contributed by atoms with Gasteiger partial charge in [0.2, 0.25) is 0 Å². The Bertz CT molecular complexity index is 708. The SMILES string of the molecule is C=C(C)COc1ccc2c(C)c(C)c(=O)oc2c1C. The first-order valence-corrected chi connectivity index (χ1v) is 6.22. The summed E-state index contributed by atoms with van der Waals surface area (Å²) in [4.78, 5) is 11.8. The van der Waals surface area contributed by atoms with Crippen molar-refractivity contribution in [2.24, 2.45) is 0 Å². The van der Waals surface area contributed by atoms with Crippen LogP contribution in [-0.4, -0.2) is 6.61 Å². The molecule has 0 aliphatic heterocycles. The van der Waals surface area contributed by atoms with Gasteiger partial charge in [-0.3, -0.25) is 0 Å². The van der Waals surface area contributed by atoms with E-state index in [0.717, 1.165) is 27.8 Å². The predicted octanol–water partition coefficient (Wildman–Crippen LogP) is 3.67. The van der Waals surface area contributed by atoms with Crippen LogP contribution < -0.4 is 10.4 Å². The Hall–Kier alpha value is -2.03. The molecule has 0 saturated heterocycles. The molecule has 0 N–H and O–H groups in total. The molecule has 2 rings (SSSR count). The van der Waals surface area contributed by atoms with E-state index in [2.05, 4.69) is 6.58 Å². The Morgan fingerprint density at radius 1 is 1.21 bits per heavy atom. The predicted molar refractivity (Wildman–Crippen MR) is 77.0 cm³/mol. The minimum atomic E-state index is -0.287. The molecule has 0 aliphatic rings. The van der Waals surface area contributed by atoms with Gasteiger partial charge in [-0.2, -0.15) is 0 Å². The fraction of sp³-hybridized carbons (Fsp3) is 0.312. The van der Waals surface area contributed by atoms with E-state index in [1.807, 2.05) is 32.9 Å². The molecule has 3 heteroatoms. The van der Waals surface area contributed by atoms with Crippen LogP contribution in [0.25, 0.3) is 11.0 Å². The van der Waals surface area contributed by atoms with Crippen LogP contribution in [0.1, 0.15) is 23.6 Å². The zero-order chi connectivity index (χ0) is 14.2. The van der Waals surface area contributed by atoms with Crippen molar-refractivity contribution < 1.29 is 9.15 Å². The molecule has 0 fully saturated rings. The maximum atomic E-state index is 11.8. The Balaban J connectivity index is 2.62. The van der Waals surface area contributed by atoms with Gasteiger partial charge in [0.25, 0.3) is 0 Å². The van der Waals surface area contributed by atoms with E-state index in [9.17, 15) is 4.79 Å². The molecule has 0 spiro atoms. The molecule has 0 radical (unpaired) electrons. The van der Waals surface area contributed by atoms with Crippen LogP contribution in [-0.2, 0) is 0 Å². The van der Waals surface area contributed by atoms with Crippen molar-refractivity contribution in [2.75, 3.05) is 6.61 Å². The van der Waals surface area contributed by atoms with Crippen molar-refractivity contribution in [3.8, 4) is 5.75 Å². The highest BCUT2D eigenvalue weighted by Gasteiger charge is 2.12. The first-order chi connectivity index (χ1) is 8.91. The zero-order valence-corrected chi connectivity index (χ0v) is 11.8. The van der Waals surface area contributed by atoms with E-state index in [4.69, 9.17) is 9.15 Å². The van der Waals surface area contributed by atoms with Crippen LogP contribution in [0.15, 0.2) is 33.5 Å². The fourth-order valence-electron chi connectivity index (χ4n) is 1.98. The van der Waals surface area contributed by atoms with E-state index in [1.165, 1.54) is 0 Å². The number of hydrogen-bond acceptors (Lipinski definition) is 3. The molecule has 19 heavy (non-hydrogen) atoms. The Morgan fingerprint density at radius 3 is 2.53 bits per heavy atom. The van der Waals surface area contributed by atoms with Crippen LogP contribution in [0.3, 0.4) is 0 Å². The maximum Gasteiger partial charge on any atom is 0.339 e. The highest BCUT2D eigenvalue weighted by Crippen LogP contribution is 2.29. The molecule has 100 valence electrons. The Morgan fingerprint density at radius 2 is 1.89 bits per heavy atom. The topological polar surface area (TPSA) is 39.4 Å². The van der Waals surface area contributed by atoms with E-state index >= 15 is 0 Å². The number of fused-ring (bicyclic) bond motifs is 1. The van der Waals surface area contributed by atoms with Gasteiger partial charge in [-0.15, -0.1) is 0 Å². The molecule has 0 aliphatic carbocycles. The largest absolute Gasteiger partial charge is 0.489 e. The third-order valence-corrected chi connectivity index (χ3v) is 3.30. The molecule has 0 unspecified atom stereocenters. The normalized spacial score (nSPS) is 10.7. The molecule has 0 bridgehead atoms. The second-order valence-corrected chi connectivity index (χ2v) is 4.95. The highest BCUT2D eigenvalue weighted by molar-refractivity contribution is 5.85. The Kier molecular flexibility index (Phi) is 3.47. The van der Waals surface area contributed by atoms with E-state index in [1.54, 1.807) is 6.92 Å². The molecule has 0 amide bonds. The number of aryl methyl sites for hydroxylation is 2. The van der Waals surface area contributed by atoms with Gasteiger partial charge in [0.05, 0.1) is 0 Å². The molecule has 1 aromatic carbocycles. The van der Waals surface area contributed by atoms with Gasteiger partial charge in [0.15, 0.2) is 0 Å². The number of rotatable bonds is 3. The molecule has 1 aromatic heterocycles. The maximum absolute atomic E-state index is 11.8. The van der Waals surface area contributed by atoms with E-state index in [-0.39, 0.29) is 5.63 Å². The van der Waals surface area contributed by atoms with Crippen LogP contribution in [0.5, 0.6) is 5.75 Å².